The minimum absolute atomic E-state index is 0.0257. The quantitative estimate of drug-likeness (QED) is 0.132. The number of aromatic hydroxyl groups is 2. The molecule has 2 aromatic rings. The maximum Gasteiger partial charge on any atom is 0.326 e. The van der Waals surface area contributed by atoms with Crippen LogP contribution in [0.25, 0.3) is 0 Å². The molecule has 12 nitrogen and oxygen atoms in total. The Balaban J connectivity index is 2.19. The van der Waals surface area contributed by atoms with Crippen molar-refractivity contribution in [1.29, 1.82) is 0 Å². The van der Waals surface area contributed by atoms with E-state index in [0.717, 1.165) is 0 Å². The van der Waals surface area contributed by atoms with Gasteiger partial charge in [-0.1, -0.05) is 44.5 Å². The molecule has 0 spiro atoms. The zero-order valence-corrected chi connectivity index (χ0v) is 23.4. The highest BCUT2D eigenvalue weighted by Gasteiger charge is 2.32. The minimum Gasteiger partial charge on any atom is -0.508 e. The van der Waals surface area contributed by atoms with Gasteiger partial charge in [0.15, 0.2) is 0 Å². The van der Waals surface area contributed by atoms with E-state index < -0.39 is 53.8 Å². The lowest BCUT2D eigenvalue weighted by Gasteiger charge is -2.27. The first-order valence-electron chi connectivity index (χ1n) is 13.6. The van der Waals surface area contributed by atoms with E-state index in [0.29, 0.717) is 36.9 Å². The molecule has 224 valence electrons. The van der Waals surface area contributed by atoms with E-state index in [1.807, 2.05) is 0 Å². The second kappa shape index (κ2) is 16.2. The van der Waals surface area contributed by atoms with E-state index in [1.165, 1.54) is 24.3 Å². The van der Waals surface area contributed by atoms with Crippen molar-refractivity contribution in [2.24, 2.45) is 17.4 Å². The first kappa shape index (κ1) is 33.0. The average molecular weight is 572 g/mol. The second-order valence-electron chi connectivity index (χ2n) is 10.3. The van der Waals surface area contributed by atoms with Gasteiger partial charge in [0.25, 0.3) is 0 Å². The standard InChI is InChI=1S/C29H41N5O7/c1-17(2)25(28(39)33-24(29(40)41)16-19-8-12-21(36)13-9-19)34-27(38)23(15-18-6-10-20(35)11-7-18)32-26(37)22(31)5-3-4-14-30/h6-13,17,22-25,35-36H,3-5,14-16,30-31H2,1-2H3,(H,32,37)(H,33,39)(H,34,38)(H,40,41). The summed E-state index contributed by atoms with van der Waals surface area (Å²) in [4.78, 5) is 51.4. The summed E-state index contributed by atoms with van der Waals surface area (Å²) in [5, 5.41) is 36.6. The number of phenolic OH excluding ortho intramolecular Hbond substituents is 2. The molecular formula is C29H41N5O7. The number of benzene rings is 2. The van der Waals surface area contributed by atoms with Crippen LogP contribution >= 0.6 is 0 Å². The van der Waals surface area contributed by atoms with E-state index in [4.69, 9.17) is 11.5 Å². The van der Waals surface area contributed by atoms with Gasteiger partial charge in [0, 0.05) is 12.8 Å². The lowest BCUT2D eigenvalue weighted by molar-refractivity contribution is -0.142. The molecule has 0 aromatic heterocycles. The summed E-state index contributed by atoms with van der Waals surface area (Å²) < 4.78 is 0. The van der Waals surface area contributed by atoms with Crippen LogP contribution < -0.4 is 27.4 Å². The molecule has 0 aliphatic rings. The Morgan fingerprint density at radius 3 is 1.68 bits per heavy atom. The van der Waals surface area contributed by atoms with E-state index in [9.17, 15) is 34.5 Å². The Morgan fingerprint density at radius 1 is 0.732 bits per heavy atom. The number of carbonyl (C=O) groups is 4. The van der Waals surface area contributed by atoms with Gasteiger partial charge in [-0.3, -0.25) is 14.4 Å². The lowest BCUT2D eigenvalue weighted by Crippen LogP contribution is -2.59. The zero-order valence-electron chi connectivity index (χ0n) is 23.4. The summed E-state index contributed by atoms with van der Waals surface area (Å²) in [6.45, 7) is 3.86. The predicted molar refractivity (Wildman–Crippen MR) is 153 cm³/mol. The van der Waals surface area contributed by atoms with E-state index in [-0.39, 0.29) is 24.3 Å². The summed E-state index contributed by atoms with van der Waals surface area (Å²) in [7, 11) is 0. The monoisotopic (exact) mass is 571 g/mol. The van der Waals surface area contributed by atoms with Gasteiger partial charge in [-0.2, -0.15) is 0 Å². The highest BCUT2D eigenvalue weighted by Crippen LogP contribution is 2.14. The Kier molecular flexibility index (Phi) is 13.0. The summed E-state index contributed by atoms with van der Waals surface area (Å²) >= 11 is 0. The number of hydrogen-bond acceptors (Lipinski definition) is 8. The Bertz CT molecular complexity index is 1160. The third-order valence-corrected chi connectivity index (χ3v) is 6.55. The molecular weight excluding hydrogens is 530 g/mol. The summed E-state index contributed by atoms with van der Waals surface area (Å²) in [5.74, 6) is -3.51. The van der Waals surface area contributed by atoms with Crippen molar-refractivity contribution in [3.63, 3.8) is 0 Å². The van der Waals surface area contributed by atoms with Crippen LogP contribution in [0.3, 0.4) is 0 Å². The van der Waals surface area contributed by atoms with Crippen LogP contribution in [0.4, 0.5) is 0 Å². The fourth-order valence-corrected chi connectivity index (χ4v) is 4.11. The number of amides is 3. The molecule has 2 rings (SSSR count). The van der Waals surface area contributed by atoms with E-state index in [2.05, 4.69) is 16.0 Å². The zero-order chi connectivity index (χ0) is 30.5. The fourth-order valence-electron chi connectivity index (χ4n) is 4.11. The molecule has 4 atom stereocenters. The molecule has 3 amide bonds. The van der Waals surface area contributed by atoms with Crippen LogP contribution in [-0.4, -0.2) is 69.7 Å². The molecule has 0 saturated carbocycles. The van der Waals surface area contributed by atoms with Crippen LogP contribution in [0, 0.1) is 5.92 Å². The Labute approximate surface area is 239 Å². The molecule has 41 heavy (non-hydrogen) atoms. The van der Waals surface area contributed by atoms with Crippen molar-refractivity contribution in [3.05, 3.63) is 59.7 Å². The Morgan fingerprint density at radius 2 is 1.22 bits per heavy atom. The number of nitrogens with one attached hydrogen (secondary N) is 3. The topological polar surface area (TPSA) is 217 Å². The SMILES string of the molecule is CC(C)C(NC(=O)C(Cc1ccc(O)cc1)NC(=O)C(N)CCCCN)C(=O)NC(Cc1ccc(O)cc1)C(=O)O. The molecule has 4 unspecified atom stereocenters. The smallest absolute Gasteiger partial charge is 0.326 e. The number of nitrogens with two attached hydrogens (primary N) is 2. The largest absolute Gasteiger partial charge is 0.508 e. The van der Waals surface area contributed by atoms with Crippen molar-refractivity contribution in [1.82, 2.24) is 16.0 Å². The number of hydrogen-bond donors (Lipinski definition) is 8. The maximum absolute atomic E-state index is 13.4. The van der Waals surface area contributed by atoms with Gasteiger partial charge in [0.1, 0.15) is 29.6 Å². The molecule has 10 N–H and O–H groups in total. The van der Waals surface area contributed by atoms with Crippen LogP contribution in [-0.2, 0) is 32.0 Å². The second-order valence-corrected chi connectivity index (χ2v) is 10.3. The predicted octanol–water partition coefficient (Wildman–Crippen LogP) is 0.534. The van der Waals surface area contributed by atoms with Gasteiger partial charge in [-0.15, -0.1) is 0 Å². The van der Waals surface area contributed by atoms with Gasteiger partial charge in [0.2, 0.25) is 17.7 Å². The van der Waals surface area contributed by atoms with Crippen molar-refractivity contribution in [2.45, 2.75) is 70.1 Å². The molecule has 0 fully saturated rings. The van der Waals surface area contributed by atoms with Gasteiger partial charge in [-0.05, 0) is 60.7 Å². The molecule has 0 heterocycles. The number of aliphatic carboxylic acids is 1. The van der Waals surface area contributed by atoms with Crippen molar-refractivity contribution >= 4 is 23.7 Å². The number of carboxylic acids is 1. The highest BCUT2D eigenvalue weighted by molar-refractivity contribution is 5.94. The minimum atomic E-state index is -1.29. The van der Waals surface area contributed by atoms with Crippen LogP contribution in [0.15, 0.2) is 48.5 Å². The molecule has 0 radical (unpaired) electrons. The molecule has 0 aliphatic heterocycles. The third-order valence-electron chi connectivity index (χ3n) is 6.55. The normalized spacial score (nSPS) is 14.0. The number of unbranched alkanes of at least 4 members (excludes halogenated alkanes) is 1. The first-order chi connectivity index (χ1) is 19.4. The van der Waals surface area contributed by atoms with E-state index >= 15 is 0 Å². The van der Waals surface area contributed by atoms with Crippen molar-refractivity contribution in [2.75, 3.05) is 6.54 Å². The van der Waals surface area contributed by atoms with Gasteiger partial charge in [-0.25, -0.2) is 4.79 Å². The number of carbonyl (C=O) groups excluding carboxylic acids is 3. The van der Waals surface area contributed by atoms with Crippen molar-refractivity contribution < 1.29 is 34.5 Å². The summed E-state index contributed by atoms with van der Waals surface area (Å²) in [5.41, 5.74) is 12.8. The number of rotatable bonds is 16. The van der Waals surface area contributed by atoms with E-state index in [1.54, 1.807) is 38.1 Å². The number of carboxylic acid groups (broad SMARTS) is 1. The summed E-state index contributed by atoms with van der Waals surface area (Å²) in [6, 6.07) is 7.70. The average Bonchev–Trinajstić information content (AvgIpc) is 2.92. The molecule has 2 aromatic carbocycles. The molecule has 0 bridgehead atoms. The van der Waals surface area contributed by atoms with Crippen LogP contribution in [0.5, 0.6) is 11.5 Å². The Hall–Kier alpha value is -4.16. The molecule has 0 saturated heterocycles. The van der Waals surface area contributed by atoms with Gasteiger partial charge < -0.3 is 42.7 Å². The van der Waals surface area contributed by atoms with Crippen LogP contribution in [0.2, 0.25) is 0 Å². The third kappa shape index (κ3) is 11.1. The maximum atomic E-state index is 13.4. The van der Waals surface area contributed by atoms with Gasteiger partial charge >= 0.3 is 5.97 Å². The first-order valence-corrected chi connectivity index (χ1v) is 13.6. The van der Waals surface area contributed by atoms with Crippen molar-refractivity contribution in [3.8, 4) is 11.5 Å². The van der Waals surface area contributed by atoms with Gasteiger partial charge in [0.05, 0.1) is 6.04 Å². The molecule has 12 heteroatoms. The number of phenols is 2. The lowest BCUT2D eigenvalue weighted by atomic mass is 9.99. The molecule has 0 aliphatic carbocycles. The summed E-state index contributed by atoms with van der Waals surface area (Å²) in [6.07, 6.45) is 1.74. The highest BCUT2D eigenvalue weighted by atomic mass is 16.4. The fraction of sp³-hybridized carbons (Fsp3) is 0.448. The van der Waals surface area contributed by atoms with Crippen LogP contribution in [0.1, 0.15) is 44.2 Å².